The van der Waals surface area contributed by atoms with E-state index in [1.165, 1.54) is 0 Å². The molecular weight excluding hydrogens is 230 g/mol. The first-order valence-electron chi connectivity index (χ1n) is 6.00. The molecule has 1 amide bonds. The van der Waals surface area contributed by atoms with Gasteiger partial charge in [0.15, 0.2) is 0 Å². The van der Waals surface area contributed by atoms with Gasteiger partial charge in [-0.05, 0) is 44.5 Å². The van der Waals surface area contributed by atoms with Gasteiger partial charge in [-0.15, -0.1) is 0 Å². The van der Waals surface area contributed by atoms with Crippen LogP contribution in [-0.2, 0) is 0 Å². The average molecular weight is 251 g/mol. The Labute approximate surface area is 108 Å². The number of hydrogen-bond donors (Lipinski definition) is 3. The number of nitrogens with one attached hydrogen (secondary N) is 1. The molecule has 18 heavy (non-hydrogen) atoms. The van der Waals surface area contributed by atoms with Crippen LogP contribution in [0.25, 0.3) is 0 Å². The van der Waals surface area contributed by atoms with Crippen molar-refractivity contribution in [3.63, 3.8) is 0 Å². The summed E-state index contributed by atoms with van der Waals surface area (Å²) in [5.41, 5.74) is 4.81. The van der Waals surface area contributed by atoms with E-state index in [2.05, 4.69) is 5.43 Å². The zero-order chi connectivity index (χ0) is 13.7. The van der Waals surface area contributed by atoms with Crippen molar-refractivity contribution < 1.29 is 9.90 Å². The molecule has 0 unspecified atom stereocenters. The van der Waals surface area contributed by atoms with E-state index in [9.17, 15) is 4.79 Å². The number of amides is 1. The Morgan fingerprint density at radius 2 is 2.17 bits per heavy atom. The summed E-state index contributed by atoms with van der Waals surface area (Å²) in [5, 5.41) is 9.01. The van der Waals surface area contributed by atoms with Gasteiger partial charge in [-0.1, -0.05) is 0 Å². The van der Waals surface area contributed by atoms with Gasteiger partial charge in [0.1, 0.15) is 0 Å². The Morgan fingerprint density at radius 3 is 2.61 bits per heavy atom. The van der Waals surface area contributed by atoms with E-state index in [-0.39, 0.29) is 18.6 Å². The summed E-state index contributed by atoms with van der Waals surface area (Å²) in [5.74, 6) is 5.25. The topological polar surface area (TPSA) is 78.6 Å². The number of aliphatic hydroxyl groups excluding tert-OH is 1. The molecule has 0 aliphatic rings. The lowest BCUT2D eigenvalue weighted by atomic mass is 10.1. The molecule has 1 aromatic rings. The van der Waals surface area contributed by atoms with Gasteiger partial charge in [-0.25, -0.2) is 0 Å². The zero-order valence-electron chi connectivity index (χ0n) is 11.1. The molecule has 0 saturated heterocycles. The minimum Gasteiger partial charge on any atom is -0.395 e. The average Bonchev–Trinajstić information content (AvgIpc) is 2.34. The third-order valence-electron chi connectivity index (χ3n) is 2.85. The van der Waals surface area contributed by atoms with Crippen LogP contribution < -0.4 is 11.3 Å². The monoisotopic (exact) mass is 251 g/mol. The van der Waals surface area contributed by atoms with E-state index in [1.54, 1.807) is 17.0 Å². The van der Waals surface area contributed by atoms with Crippen LogP contribution in [-0.4, -0.2) is 35.1 Å². The second kappa shape index (κ2) is 6.37. The molecule has 0 spiro atoms. The standard InChI is InChI=1S/C13H21N3O2/c1-9(2)16(6-7-17)13(18)12-5-4-11(15-14)8-10(12)3/h4-5,8-9,15,17H,6-7,14H2,1-3H3. The molecule has 5 nitrogen and oxygen atoms in total. The molecule has 0 fully saturated rings. The molecule has 4 N–H and O–H groups in total. The predicted octanol–water partition coefficient (Wildman–Crippen LogP) is 1.12. The van der Waals surface area contributed by atoms with Crippen molar-refractivity contribution in [1.82, 2.24) is 4.90 Å². The molecule has 0 saturated carbocycles. The highest BCUT2D eigenvalue weighted by atomic mass is 16.3. The number of aryl methyl sites for hydroxylation is 1. The van der Waals surface area contributed by atoms with E-state index < -0.39 is 0 Å². The summed E-state index contributed by atoms with van der Waals surface area (Å²) in [4.78, 5) is 14.0. The first kappa shape index (κ1) is 14.5. The first-order valence-corrected chi connectivity index (χ1v) is 6.00. The molecule has 1 aromatic carbocycles. The Hall–Kier alpha value is -1.59. The number of rotatable bonds is 5. The van der Waals surface area contributed by atoms with Gasteiger partial charge < -0.3 is 15.4 Å². The van der Waals surface area contributed by atoms with Crippen LogP contribution in [0.15, 0.2) is 18.2 Å². The van der Waals surface area contributed by atoms with Crippen molar-refractivity contribution in [3.8, 4) is 0 Å². The highest BCUT2D eigenvalue weighted by Crippen LogP contribution is 2.17. The van der Waals surface area contributed by atoms with Crippen LogP contribution in [0.1, 0.15) is 29.8 Å². The molecular formula is C13H21N3O2. The van der Waals surface area contributed by atoms with Crippen LogP contribution in [0.5, 0.6) is 0 Å². The van der Waals surface area contributed by atoms with E-state index in [0.29, 0.717) is 12.1 Å². The lowest BCUT2D eigenvalue weighted by Crippen LogP contribution is -2.39. The first-order chi connectivity index (χ1) is 8.51. The number of nitrogens with zero attached hydrogens (tertiary/aromatic N) is 1. The minimum atomic E-state index is -0.0693. The Bertz CT molecular complexity index is 419. The number of hydrogen-bond acceptors (Lipinski definition) is 4. The fourth-order valence-electron chi connectivity index (χ4n) is 1.85. The summed E-state index contributed by atoms with van der Waals surface area (Å²) in [6.45, 7) is 6.03. The highest BCUT2D eigenvalue weighted by Gasteiger charge is 2.19. The number of carbonyl (C=O) groups excluding carboxylic acids is 1. The maximum atomic E-state index is 12.4. The summed E-state index contributed by atoms with van der Waals surface area (Å²) in [6.07, 6.45) is 0. The van der Waals surface area contributed by atoms with E-state index in [1.807, 2.05) is 26.8 Å². The highest BCUT2D eigenvalue weighted by molar-refractivity contribution is 5.96. The maximum Gasteiger partial charge on any atom is 0.254 e. The van der Waals surface area contributed by atoms with Gasteiger partial charge in [0.05, 0.1) is 6.61 Å². The molecule has 0 aliphatic heterocycles. The van der Waals surface area contributed by atoms with E-state index >= 15 is 0 Å². The number of nitrogens with two attached hydrogens (primary N) is 1. The third-order valence-corrected chi connectivity index (χ3v) is 2.85. The van der Waals surface area contributed by atoms with Crippen molar-refractivity contribution in [2.24, 2.45) is 5.84 Å². The molecule has 0 bridgehead atoms. The number of nitrogen functional groups attached to an aromatic ring is 1. The molecule has 100 valence electrons. The van der Waals surface area contributed by atoms with Crippen LogP contribution in [0, 0.1) is 6.92 Å². The van der Waals surface area contributed by atoms with Gasteiger partial charge in [-0.2, -0.15) is 0 Å². The maximum absolute atomic E-state index is 12.4. The number of benzene rings is 1. The lowest BCUT2D eigenvalue weighted by Gasteiger charge is -2.26. The third kappa shape index (κ3) is 3.21. The Kier molecular flexibility index (Phi) is 5.12. The van der Waals surface area contributed by atoms with E-state index in [4.69, 9.17) is 10.9 Å². The molecule has 0 heterocycles. The summed E-state index contributed by atoms with van der Waals surface area (Å²) < 4.78 is 0. The fraction of sp³-hybridized carbons (Fsp3) is 0.462. The van der Waals surface area contributed by atoms with Gasteiger partial charge in [-0.3, -0.25) is 10.6 Å². The van der Waals surface area contributed by atoms with Crippen molar-refractivity contribution in [2.45, 2.75) is 26.8 Å². The molecule has 0 aliphatic carbocycles. The second-order valence-corrected chi connectivity index (χ2v) is 4.49. The van der Waals surface area contributed by atoms with Crippen molar-refractivity contribution in [3.05, 3.63) is 29.3 Å². The summed E-state index contributed by atoms with van der Waals surface area (Å²) >= 11 is 0. The molecule has 0 atom stereocenters. The summed E-state index contributed by atoms with van der Waals surface area (Å²) in [7, 11) is 0. The van der Waals surface area contributed by atoms with Gasteiger partial charge >= 0.3 is 0 Å². The van der Waals surface area contributed by atoms with Crippen molar-refractivity contribution in [2.75, 3.05) is 18.6 Å². The normalized spacial score (nSPS) is 10.6. The lowest BCUT2D eigenvalue weighted by molar-refractivity contribution is 0.0664. The molecule has 0 radical (unpaired) electrons. The van der Waals surface area contributed by atoms with Crippen LogP contribution in [0.3, 0.4) is 0 Å². The largest absolute Gasteiger partial charge is 0.395 e. The van der Waals surface area contributed by atoms with E-state index in [0.717, 1.165) is 11.3 Å². The quantitative estimate of drug-likeness (QED) is 0.541. The Morgan fingerprint density at radius 1 is 1.50 bits per heavy atom. The molecule has 1 rings (SSSR count). The van der Waals surface area contributed by atoms with Gasteiger partial charge in [0, 0.05) is 23.8 Å². The number of carbonyl (C=O) groups is 1. The predicted molar refractivity (Wildman–Crippen MR) is 72.2 cm³/mol. The number of aliphatic hydroxyl groups is 1. The van der Waals surface area contributed by atoms with Crippen LogP contribution >= 0.6 is 0 Å². The second-order valence-electron chi connectivity index (χ2n) is 4.49. The fourth-order valence-corrected chi connectivity index (χ4v) is 1.85. The van der Waals surface area contributed by atoms with Gasteiger partial charge in [0.2, 0.25) is 0 Å². The number of hydrazine groups is 1. The summed E-state index contributed by atoms with van der Waals surface area (Å²) in [6, 6.07) is 5.39. The molecule has 0 aromatic heterocycles. The van der Waals surface area contributed by atoms with Gasteiger partial charge in [0.25, 0.3) is 5.91 Å². The molecule has 5 heteroatoms. The SMILES string of the molecule is Cc1cc(NN)ccc1C(=O)N(CCO)C(C)C. The van der Waals surface area contributed by atoms with Crippen LogP contribution in [0.4, 0.5) is 5.69 Å². The van der Waals surface area contributed by atoms with Crippen LogP contribution in [0.2, 0.25) is 0 Å². The Balaban J connectivity index is 3.01. The smallest absolute Gasteiger partial charge is 0.254 e. The van der Waals surface area contributed by atoms with Crippen molar-refractivity contribution in [1.29, 1.82) is 0 Å². The van der Waals surface area contributed by atoms with Crippen molar-refractivity contribution >= 4 is 11.6 Å². The zero-order valence-corrected chi connectivity index (χ0v) is 11.1. The minimum absolute atomic E-state index is 0.0363. The number of anilines is 1.